The fourth-order valence-electron chi connectivity index (χ4n) is 4.35. The number of aromatic nitrogens is 1. The molecule has 2 N–H and O–H groups in total. The predicted molar refractivity (Wildman–Crippen MR) is 126 cm³/mol. The maximum atomic E-state index is 13.1. The first-order valence-electron chi connectivity index (χ1n) is 10.5. The number of carbonyl (C=O) groups excluding carboxylic acids is 1. The number of nitrogens with one attached hydrogen (secondary N) is 2. The third-order valence-electron chi connectivity index (χ3n) is 5.95. The first-order chi connectivity index (χ1) is 15.3. The molecule has 0 bridgehead atoms. The van der Waals surface area contributed by atoms with Crippen LogP contribution < -0.4 is 4.72 Å². The highest BCUT2D eigenvalue weighted by molar-refractivity contribution is 7.89. The van der Waals surface area contributed by atoms with Crippen LogP contribution >= 0.6 is 23.2 Å². The van der Waals surface area contributed by atoms with E-state index in [0.717, 1.165) is 37.5 Å². The van der Waals surface area contributed by atoms with Crippen molar-refractivity contribution in [3.8, 4) is 0 Å². The number of sulfonamides is 1. The average molecular weight is 495 g/mol. The SMILES string of the molecule is COC(=O)C(c1ccc(Cl)c(S(=O)(=O)NC2CCCCC2)c1)c1c[nH]c2c(Cl)cccc12. The molecule has 2 aromatic carbocycles. The fraction of sp³-hybridized carbons (Fsp3) is 0.348. The summed E-state index contributed by atoms with van der Waals surface area (Å²) in [5, 5.41) is 1.38. The zero-order valence-corrected chi connectivity index (χ0v) is 19.9. The van der Waals surface area contributed by atoms with E-state index in [1.54, 1.807) is 24.4 Å². The summed E-state index contributed by atoms with van der Waals surface area (Å²) in [5.74, 6) is -1.37. The third kappa shape index (κ3) is 4.53. The van der Waals surface area contributed by atoms with Crippen LogP contribution in [0.15, 0.2) is 47.5 Å². The van der Waals surface area contributed by atoms with Gasteiger partial charge in [-0.05, 0) is 42.2 Å². The minimum atomic E-state index is -3.86. The lowest BCUT2D eigenvalue weighted by Gasteiger charge is -2.23. The Balaban J connectivity index is 1.78. The molecule has 1 atom stereocenters. The summed E-state index contributed by atoms with van der Waals surface area (Å²) < 4.78 is 34.1. The molecule has 1 unspecified atom stereocenters. The minimum absolute atomic E-state index is 0.0472. The van der Waals surface area contributed by atoms with Gasteiger partial charge in [0.2, 0.25) is 10.0 Å². The zero-order valence-electron chi connectivity index (χ0n) is 17.5. The molecule has 6 nitrogen and oxygen atoms in total. The van der Waals surface area contributed by atoms with Gasteiger partial charge in [-0.1, -0.05) is 60.7 Å². The van der Waals surface area contributed by atoms with Crippen LogP contribution in [0.3, 0.4) is 0 Å². The van der Waals surface area contributed by atoms with Gasteiger partial charge >= 0.3 is 5.97 Å². The number of carbonyl (C=O) groups is 1. The maximum absolute atomic E-state index is 13.1. The summed E-state index contributed by atoms with van der Waals surface area (Å²) >= 11 is 12.6. The van der Waals surface area contributed by atoms with Gasteiger partial charge in [0.15, 0.2) is 0 Å². The molecule has 1 saturated carbocycles. The molecule has 1 heterocycles. The number of H-pyrrole nitrogens is 1. The Morgan fingerprint density at radius 3 is 2.59 bits per heavy atom. The van der Waals surface area contributed by atoms with Crippen LogP contribution in [0.1, 0.15) is 49.1 Å². The number of benzene rings is 2. The Morgan fingerprint density at radius 1 is 1.12 bits per heavy atom. The van der Waals surface area contributed by atoms with E-state index in [9.17, 15) is 13.2 Å². The number of para-hydroxylation sites is 1. The van der Waals surface area contributed by atoms with Crippen molar-refractivity contribution in [2.24, 2.45) is 0 Å². The number of halogens is 2. The second kappa shape index (κ2) is 9.43. The molecule has 170 valence electrons. The van der Waals surface area contributed by atoms with Gasteiger partial charge in [0.25, 0.3) is 0 Å². The molecule has 0 radical (unpaired) electrons. The second-order valence-electron chi connectivity index (χ2n) is 8.01. The lowest BCUT2D eigenvalue weighted by molar-refractivity contribution is -0.141. The van der Waals surface area contributed by atoms with Crippen molar-refractivity contribution < 1.29 is 17.9 Å². The molecule has 1 fully saturated rings. The van der Waals surface area contributed by atoms with Crippen molar-refractivity contribution >= 4 is 50.1 Å². The Labute approximate surface area is 197 Å². The fourth-order valence-corrected chi connectivity index (χ4v) is 6.42. The molecule has 1 aromatic heterocycles. The molecule has 0 amide bonds. The Morgan fingerprint density at radius 2 is 1.88 bits per heavy atom. The number of hydrogen-bond donors (Lipinski definition) is 2. The molecular formula is C23H24Cl2N2O4S. The molecule has 0 saturated heterocycles. The van der Waals surface area contributed by atoms with Gasteiger partial charge in [0, 0.05) is 17.6 Å². The van der Waals surface area contributed by atoms with Crippen LogP contribution in [0.25, 0.3) is 10.9 Å². The van der Waals surface area contributed by atoms with Crippen LogP contribution in [-0.4, -0.2) is 32.5 Å². The van der Waals surface area contributed by atoms with Crippen molar-refractivity contribution in [1.82, 2.24) is 9.71 Å². The monoisotopic (exact) mass is 494 g/mol. The van der Waals surface area contributed by atoms with Gasteiger partial charge in [0.1, 0.15) is 10.8 Å². The van der Waals surface area contributed by atoms with E-state index in [1.165, 1.54) is 19.2 Å². The van der Waals surface area contributed by atoms with E-state index in [4.69, 9.17) is 27.9 Å². The van der Waals surface area contributed by atoms with Gasteiger partial charge < -0.3 is 9.72 Å². The van der Waals surface area contributed by atoms with Crippen molar-refractivity contribution in [1.29, 1.82) is 0 Å². The topological polar surface area (TPSA) is 88.3 Å². The quantitative estimate of drug-likeness (QED) is 0.449. The summed E-state index contributed by atoms with van der Waals surface area (Å²) in [6.07, 6.45) is 6.41. The molecular weight excluding hydrogens is 471 g/mol. The van der Waals surface area contributed by atoms with Crippen molar-refractivity contribution in [3.63, 3.8) is 0 Å². The van der Waals surface area contributed by atoms with Gasteiger partial charge in [0.05, 0.1) is 22.7 Å². The number of aromatic amines is 1. The molecule has 3 aromatic rings. The van der Waals surface area contributed by atoms with Crippen molar-refractivity contribution in [3.05, 3.63) is 63.8 Å². The lowest BCUT2D eigenvalue weighted by Crippen LogP contribution is -2.36. The van der Waals surface area contributed by atoms with Crippen LogP contribution in [0.4, 0.5) is 0 Å². The molecule has 4 rings (SSSR count). The Hall–Kier alpha value is -2.06. The molecule has 32 heavy (non-hydrogen) atoms. The van der Waals surface area contributed by atoms with Crippen molar-refractivity contribution in [2.45, 2.75) is 49.0 Å². The zero-order chi connectivity index (χ0) is 22.9. The summed E-state index contributed by atoms with van der Waals surface area (Å²) in [7, 11) is -2.56. The van der Waals surface area contributed by atoms with Crippen LogP contribution in [0.2, 0.25) is 10.0 Å². The molecule has 1 aliphatic rings. The highest BCUT2D eigenvalue weighted by Crippen LogP contribution is 2.36. The first kappa shape index (κ1) is 23.1. The number of rotatable bonds is 6. The standard InChI is InChI=1S/C23H24Cl2N2O4S/c1-31-23(28)21(17-13-26-22-16(17)8-5-9-19(22)25)14-10-11-18(24)20(12-14)32(29,30)27-15-6-3-2-4-7-15/h5,8-13,15,21,26-27H,2-4,6-7H2,1H3. The molecule has 9 heteroatoms. The number of ether oxygens (including phenoxy) is 1. The molecule has 0 aliphatic heterocycles. The molecule has 0 spiro atoms. The maximum Gasteiger partial charge on any atom is 0.317 e. The summed E-state index contributed by atoms with van der Waals surface area (Å²) in [6.45, 7) is 0. The highest BCUT2D eigenvalue weighted by Gasteiger charge is 2.30. The van der Waals surface area contributed by atoms with Gasteiger partial charge in [-0.3, -0.25) is 4.79 Å². The van der Waals surface area contributed by atoms with E-state index in [-0.39, 0.29) is 16.0 Å². The van der Waals surface area contributed by atoms with Crippen molar-refractivity contribution in [2.75, 3.05) is 7.11 Å². The van der Waals surface area contributed by atoms with E-state index in [2.05, 4.69) is 9.71 Å². The smallest absolute Gasteiger partial charge is 0.317 e. The lowest BCUT2D eigenvalue weighted by atomic mass is 9.91. The normalized spacial score (nSPS) is 16.2. The first-order valence-corrected chi connectivity index (χ1v) is 12.7. The Bertz CT molecular complexity index is 1250. The summed E-state index contributed by atoms with van der Waals surface area (Å²) in [4.78, 5) is 15.9. The summed E-state index contributed by atoms with van der Waals surface area (Å²) in [6, 6.07) is 9.89. The number of esters is 1. The minimum Gasteiger partial charge on any atom is -0.468 e. The molecule has 1 aliphatic carbocycles. The largest absolute Gasteiger partial charge is 0.468 e. The number of hydrogen-bond acceptors (Lipinski definition) is 4. The van der Waals surface area contributed by atoms with E-state index in [1.807, 2.05) is 6.07 Å². The third-order valence-corrected chi connectivity index (χ3v) is 8.27. The van der Waals surface area contributed by atoms with Crippen LogP contribution in [0, 0.1) is 0 Å². The van der Waals surface area contributed by atoms with E-state index < -0.39 is 21.9 Å². The van der Waals surface area contributed by atoms with Gasteiger partial charge in [-0.25, -0.2) is 13.1 Å². The van der Waals surface area contributed by atoms with E-state index >= 15 is 0 Å². The van der Waals surface area contributed by atoms with E-state index in [0.29, 0.717) is 21.7 Å². The summed E-state index contributed by atoms with van der Waals surface area (Å²) in [5.41, 5.74) is 1.80. The average Bonchev–Trinajstić information content (AvgIpc) is 3.20. The number of fused-ring (bicyclic) bond motifs is 1. The second-order valence-corrected chi connectivity index (χ2v) is 10.5. The van der Waals surface area contributed by atoms with Crippen LogP contribution in [0.5, 0.6) is 0 Å². The predicted octanol–water partition coefficient (Wildman–Crippen LogP) is 5.39. The number of methoxy groups -OCH3 is 1. The van der Waals surface area contributed by atoms with Gasteiger partial charge in [-0.15, -0.1) is 0 Å². The highest BCUT2D eigenvalue weighted by atomic mass is 35.5. The van der Waals surface area contributed by atoms with Crippen LogP contribution in [-0.2, 0) is 19.6 Å². The Kier molecular flexibility index (Phi) is 6.81. The van der Waals surface area contributed by atoms with Gasteiger partial charge in [-0.2, -0.15) is 0 Å².